The van der Waals surface area contributed by atoms with Gasteiger partial charge in [0.05, 0.1) is 12.1 Å². The number of rotatable bonds is 6. The van der Waals surface area contributed by atoms with Crippen molar-refractivity contribution in [3.05, 3.63) is 0 Å². The Morgan fingerprint density at radius 1 is 1.53 bits per heavy atom. The predicted octanol–water partition coefficient (Wildman–Crippen LogP) is 1.10. The monoisotopic (exact) mass is 215 g/mol. The second kappa shape index (κ2) is 6.67. The zero-order chi connectivity index (χ0) is 11.9. The number of aliphatic imine (C=N–C) groups is 1. The van der Waals surface area contributed by atoms with Gasteiger partial charge in [0.15, 0.2) is 5.96 Å². The van der Waals surface area contributed by atoms with Crippen molar-refractivity contribution in [1.82, 2.24) is 5.32 Å². The van der Waals surface area contributed by atoms with Crippen LogP contribution in [0.3, 0.4) is 0 Å². The molecule has 1 atom stereocenters. The zero-order valence-corrected chi connectivity index (χ0v) is 10.4. The van der Waals surface area contributed by atoms with E-state index in [1.54, 1.807) is 6.92 Å². The molecule has 0 spiro atoms. The molecule has 0 aliphatic heterocycles. The number of hydrogen-bond acceptors (Lipinski definition) is 2. The molecule has 0 radical (unpaired) electrons. The maximum atomic E-state index is 9.85. The second-order valence-electron chi connectivity index (χ2n) is 4.72. The lowest BCUT2D eigenvalue weighted by Crippen LogP contribution is -2.37. The maximum Gasteiger partial charge on any atom is 0.188 e. The summed E-state index contributed by atoms with van der Waals surface area (Å²) in [6.07, 6.45) is 1.69. The SMILES string of the molecule is CCCC(C)(O)CN=C(N)NCC(C)C. The van der Waals surface area contributed by atoms with Crippen molar-refractivity contribution in [2.45, 2.75) is 46.1 Å². The van der Waals surface area contributed by atoms with Gasteiger partial charge in [-0.15, -0.1) is 0 Å². The minimum absolute atomic E-state index is 0.359. The van der Waals surface area contributed by atoms with E-state index in [4.69, 9.17) is 5.73 Å². The van der Waals surface area contributed by atoms with Crippen LogP contribution < -0.4 is 11.1 Å². The average Bonchev–Trinajstić information content (AvgIpc) is 2.11. The summed E-state index contributed by atoms with van der Waals surface area (Å²) in [7, 11) is 0. The molecule has 15 heavy (non-hydrogen) atoms. The first-order valence-electron chi connectivity index (χ1n) is 5.63. The van der Waals surface area contributed by atoms with Gasteiger partial charge in [-0.25, -0.2) is 0 Å². The number of nitrogens with two attached hydrogens (primary N) is 1. The maximum absolute atomic E-state index is 9.85. The van der Waals surface area contributed by atoms with Crippen LogP contribution in [0.1, 0.15) is 40.5 Å². The van der Waals surface area contributed by atoms with E-state index in [0.29, 0.717) is 18.4 Å². The smallest absolute Gasteiger partial charge is 0.188 e. The standard InChI is InChI=1S/C11H25N3O/c1-5-6-11(4,15)8-14-10(12)13-7-9(2)3/h9,15H,5-8H2,1-4H3,(H3,12,13,14). The van der Waals surface area contributed by atoms with Gasteiger partial charge in [-0.05, 0) is 19.3 Å². The molecule has 0 bridgehead atoms. The Kier molecular flexibility index (Phi) is 6.32. The number of guanidine groups is 1. The van der Waals surface area contributed by atoms with Gasteiger partial charge in [0.1, 0.15) is 0 Å². The summed E-state index contributed by atoms with van der Waals surface area (Å²) in [5.41, 5.74) is 4.92. The topological polar surface area (TPSA) is 70.6 Å². The van der Waals surface area contributed by atoms with Crippen LogP contribution in [0.5, 0.6) is 0 Å². The molecule has 0 fully saturated rings. The van der Waals surface area contributed by atoms with Crippen molar-refractivity contribution in [3.8, 4) is 0 Å². The normalized spacial score (nSPS) is 16.5. The molecule has 0 aromatic rings. The molecule has 0 heterocycles. The van der Waals surface area contributed by atoms with E-state index in [1.807, 2.05) is 6.92 Å². The molecule has 90 valence electrons. The summed E-state index contributed by atoms with van der Waals surface area (Å²) in [6.45, 7) is 9.21. The third kappa shape index (κ3) is 8.24. The predicted molar refractivity (Wildman–Crippen MR) is 64.9 cm³/mol. The Bertz CT molecular complexity index is 200. The lowest BCUT2D eigenvalue weighted by molar-refractivity contribution is 0.0597. The zero-order valence-electron chi connectivity index (χ0n) is 10.4. The van der Waals surface area contributed by atoms with E-state index in [2.05, 4.69) is 24.2 Å². The molecule has 0 aliphatic rings. The summed E-state index contributed by atoms with van der Waals surface area (Å²) < 4.78 is 0. The van der Waals surface area contributed by atoms with Gasteiger partial charge in [-0.3, -0.25) is 4.99 Å². The van der Waals surface area contributed by atoms with Gasteiger partial charge in [-0.1, -0.05) is 27.2 Å². The number of hydrogen-bond donors (Lipinski definition) is 3. The molecule has 1 unspecified atom stereocenters. The first-order chi connectivity index (χ1) is 6.87. The number of nitrogens with one attached hydrogen (secondary N) is 1. The summed E-state index contributed by atoms with van der Waals surface area (Å²) in [5, 5.41) is 12.9. The highest BCUT2D eigenvalue weighted by atomic mass is 16.3. The molecule has 0 amide bonds. The molecular weight excluding hydrogens is 190 g/mol. The lowest BCUT2D eigenvalue weighted by Gasteiger charge is -2.20. The molecular formula is C11H25N3O. The van der Waals surface area contributed by atoms with Crippen LogP contribution in [-0.2, 0) is 0 Å². The Hall–Kier alpha value is -0.770. The van der Waals surface area contributed by atoms with Gasteiger partial charge in [0.25, 0.3) is 0 Å². The largest absolute Gasteiger partial charge is 0.388 e. The molecule has 4 N–H and O–H groups in total. The van der Waals surface area contributed by atoms with Gasteiger partial charge in [0, 0.05) is 6.54 Å². The van der Waals surface area contributed by atoms with E-state index in [0.717, 1.165) is 19.4 Å². The molecule has 0 aliphatic carbocycles. The lowest BCUT2D eigenvalue weighted by atomic mass is 10.0. The summed E-state index contributed by atoms with van der Waals surface area (Å²) >= 11 is 0. The van der Waals surface area contributed by atoms with Gasteiger partial charge >= 0.3 is 0 Å². The summed E-state index contributed by atoms with van der Waals surface area (Å²) in [5.74, 6) is 0.954. The average molecular weight is 215 g/mol. The van der Waals surface area contributed by atoms with Crippen LogP contribution in [0.4, 0.5) is 0 Å². The van der Waals surface area contributed by atoms with Gasteiger partial charge in [0.2, 0.25) is 0 Å². The fourth-order valence-electron chi connectivity index (χ4n) is 1.24. The fourth-order valence-corrected chi connectivity index (χ4v) is 1.24. The van der Waals surface area contributed by atoms with Crippen molar-refractivity contribution in [2.75, 3.05) is 13.1 Å². The summed E-state index contributed by atoms with van der Waals surface area (Å²) in [4.78, 5) is 4.12. The van der Waals surface area contributed by atoms with Crippen LogP contribution in [0.15, 0.2) is 4.99 Å². The van der Waals surface area contributed by atoms with Gasteiger partial charge in [-0.2, -0.15) is 0 Å². The molecule has 0 saturated heterocycles. The van der Waals surface area contributed by atoms with Crippen molar-refractivity contribution in [3.63, 3.8) is 0 Å². The number of nitrogens with zero attached hydrogens (tertiary/aromatic N) is 1. The second-order valence-corrected chi connectivity index (χ2v) is 4.72. The quantitative estimate of drug-likeness (QED) is 0.459. The van der Waals surface area contributed by atoms with Crippen molar-refractivity contribution >= 4 is 5.96 Å². The van der Waals surface area contributed by atoms with Gasteiger partial charge < -0.3 is 16.2 Å². The molecule has 0 saturated carbocycles. The molecule has 0 aromatic carbocycles. The first kappa shape index (κ1) is 14.2. The molecule has 0 rings (SSSR count). The van der Waals surface area contributed by atoms with Crippen molar-refractivity contribution < 1.29 is 5.11 Å². The highest BCUT2D eigenvalue weighted by molar-refractivity contribution is 5.77. The Morgan fingerprint density at radius 3 is 2.60 bits per heavy atom. The Morgan fingerprint density at radius 2 is 2.13 bits per heavy atom. The van der Waals surface area contributed by atoms with E-state index in [-0.39, 0.29) is 0 Å². The van der Waals surface area contributed by atoms with Crippen LogP contribution in [0.2, 0.25) is 0 Å². The third-order valence-electron chi connectivity index (χ3n) is 2.07. The highest BCUT2D eigenvalue weighted by Crippen LogP contribution is 2.11. The van der Waals surface area contributed by atoms with E-state index < -0.39 is 5.60 Å². The van der Waals surface area contributed by atoms with E-state index in [9.17, 15) is 5.11 Å². The van der Waals surface area contributed by atoms with Crippen molar-refractivity contribution in [2.24, 2.45) is 16.6 Å². The first-order valence-corrected chi connectivity index (χ1v) is 5.63. The Balaban J connectivity index is 3.93. The highest BCUT2D eigenvalue weighted by Gasteiger charge is 2.18. The molecule has 0 aromatic heterocycles. The fraction of sp³-hybridized carbons (Fsp3) is 0.909. The van der Waals surface area contributed by atoms with E-state index in [1.165, 1.54) is 0 Å². The van der Waals surface area contributed by atoms with E-state index >= 15 is 0 Å². The van der Waals surface area contributed by atoms with Crippen LogP contribution >= 0.6 is 0 Å². The number of aliphatic hydroxyl groups is 1. The minimum Gasteiger partial charge on any atom is -0.388 e. The minimum atomic E-state index is -0.737. The van der Waals surface area contributed by atoms with Crippen molar-refractivity contribution in [1.29, 1.82) is 0 Å². The van der Waals surface area contributed by atoms with Crippen LogP contribution in [0.25, 0.3) is 0 Å². The van der Waals surface area contributed by atoms with Crippen LogP contribution in [0, 0.1) is 5.92 Å². The third-order valence-corrected chi connectivity index (χ3v) is 2.07. The molecule has 4 heteroatoms. The Labute approximate surface area is 93.0 Å². The summed E-state index contributed by atoms with van der Waals surface area (Å²) in [6, 6.07) is 0. The molecule has 4 nitrogen and oxygen atoms in total. The van der Waals surface area contributed by atoms with Crippen LogP contribution in [-0.4, -0.2) is 29.8 Å².